The van der Waals surface area contributed by atoms with Gasteiger partial charge in [0.2, 0.25) is 5.91 Å². The van der Waals surface area contributed by atoms with Crippen LogP contribution in [0.25, 0.3) is 5.69 Å². The summed E-state index contributed by atoms with van der Waals surface area (Å²) in [6, 6.07) is 4.72. The number of carbonyl (C=O) groups excluding carboxylic acids is 1. The molecule has 1 aromatic heterocycles. The molecule has 0 fully saturated rings. The molecule has 3 N–H and O–H groups in total. The van der Waals surface area contributed by atoms with Gasteiger partial charge in [-0.1, -0.05) is 6.07 Å². The van der Waals surface area contributed by atoms with Gasteiger partial charge in [0.05, 0.1) is 29.3 Å². The average Bonchev–Trinajstić information content (AvgIpc) is 2.93. The number of halogens is 4. The number of alkyl halides is 3. The zero-order valence-corrected chi connectivity index (χ0v) is 13.7. The minimum absolute atomic E-state index is 0. The van der Waals surface area contributed by atoms with E-state index < -0.39 is 11.7 Å². The van der Waals surface area contributed by atoms with E-state index in [2.05, 4.69) is 10.4 Å². The number of rotatable bonds is 5. The Morgan fingerprint density at radius 1 is 1.42 bits per heavy atom. The van der Waals surface area contributed by atoms with E-state index in [4.69, 9.17) is 5.73 Å². The second kappa shape index (κ2) is 8.16. The number of amides is 1. The Morgan fingerprint density at radius 3 is 2.75 bits per heavy atom. The van der Waals surface area contributed by atoms with E-state index in [1.54, 1.807) is 6.92 Å². The zero-order chi connectivity index (χ0) is 17.0. The summed E-state index contributed by atoms with van der Waals surface area (Å²) in [5.41, 5.74) is 5.49. The van der Waals surface area contributed by atoms with E-state index in [0.29, 0.717) is 12.1 Å². The molecule has 2 aromatic rings. The molecule has 1 unspecified atom stereocenters. The van der Waals surface area contributed by atoms with Gasteiger partial charge in [-0.2, -0.15) is 18.3 Å². The van der Waals surface area contributed by atoms with Gasteiger partial charge in [0.25, 0.3) is 0 Å². The fraction of sp³-hybridized carbons (Fsp3) is 0.333. The van der Waals surface area contributed by atoms with Crippen LogP contribution < -0.4 is 11.1 Å². The number of hydrogen-bond donors (Lipinski definition) is 2. The van der Waals surface area contributed by atoms with Crippen molar-refractivity contribution >= 4 is 24.0 Å². The summed E-state index contributed by atoms with van der Waals surface area (Å²) in [4.78, 5) is 11.7. The molecule has 0 aliphatic rings. The van der Waals surface area contributed by atoms with Crippen molar-refractivity contribution in [2.75, 3.05) is 5.32 Å². The molecule has 0 saturated heterocycles. The molecule has 5 nitrogen and oxygen atoms in total. The van der Waals surface area contributed by atoms with E-state index in [1.807, 2.05) is 0 Å². The Kier molecular flexibility index (Phi) is 6.80. The highest BCUT2D eigenvalue weighted by atomic mass is 35.5. The first-order valence-electron chi connectivity index (χ1n) is 7.03. The molecule has 1 amide bonds. The Morgan fingerprint density at radius 2 is 2.12 bits per heavy atom. The second-order valence-electron chi connectivity index (χ2n) is 5.29. The van der Waals surface area contributed by atoms with Gasteiger partial charge in [0.15, 0.2) is 0 Å². The molecule has 1 atom stereocenters. The van der Waals surface area contributed by atoms with Crippen molar-refractivity contribution in [3.8, 4) is 5.69 Å². The van der Waals surface area contributed by atoms with Gasteiger partial charge in [0.1, 0.15) is 0 Å². The fourth-order valence-corrected chi connectivity index (χ4v) is 1.94. The predicted octanol–water partition coefficient (Wildman–Crippen LogP) is 3.38. The van der Waals surface area contributed by atoms with Crippen LogP contribution in [-0.2, 0) is 11.0 Å². The molecular weight excluding hydrogens is 345 g/mol. The quantitative estimate of drug-likeness (QED) is 0.856. The molecule has 132 valence electrons. The van der Waals surface area contributed by atoms with Gasteiger partial charge in [-0.3, -0.25) is 4.79 Å². The van der Waals surface area contributed by atoms with Crippen molar-refractivity contribution < 1.29 is 18.0 Å². The lowest BCUT2D eigenvalue weighted by molar-refractivity contribution is -0.137. The lowest BCUT2D eigenvalue weighted by Gasteiger charge is -2.08. The van der Waals surface area contributed by atoms with Crippen molar-refractivity contribution in [1.82, 2.24) is 9.78 Å². The van der Waals surface area contributed by atoms with Crippen molar-refractivity contribution in [2.45, 2.75) is 32.0 Å². The zero-order valence-electron chi connectivity index (χ0n) is 12.9. The summed E-state index contributed by atoms with van der Waals surface area (Å²) < 4.78 is 39.4. The number of anilines is 1. The maximum absolute atomic E-state index is 12.7. The van der Waals surface area contributed by atoms with Crippen molar-refractivity contribution in [3.05, 3.63) is 42.2 Å². The first kappa shape index (κ1) is 20.0. The van der Waals surface area contributed by atoms with Crippen LogP contribution in [0.2, 0.25) is 0 Å². The molecule has 9 heteroatoms. The van der Waals surface area contributed by atoms with Crippen LogP contribution in [0.5, 0.6) is 0 Å². The number of nitrogens with two attached hydrogens (primary N) is 1. The van der Waals surface area contributed by atoms with Gasteiger partial charge >= 0.3 is 6.18 Å². The summed E-state index contributed by atoms with van der Waals surface area (Å²) in [6.07, 6.45) is -0.761. The van der Waals surface area contributed by atoms with E-state index >= 15 is 0 Å². The predicted molar refractivity (Wildman–Crippen MR) is 87.3 cm³/mol. The molecule has 24 heavy (non-hydrogen) atoms. The third-order valence-corrected chi connectivity index (χ3v) is 3.13. The summed E-state index contributed by atoms with van der Waals surface area (Å²) >= 11 is 0. The SMILES string of the molecule is CC(N)CCC(=O)Nc1cnn(-c2cccc(C(F)(F)F)c2)c1.Cl. The fourth-order valence-electron chi connectivity index (χ4n) is 1.94. The van der Waals surface area contributed by atoms with E-state index in [-0.39, 0.29) is 36.5 Å². The molecule has 0 bridgehead atoms. The van der Waals surface area contributed by atoms with Crippen LogP contribution in [0.3, 0.4) is 0 Å². The van der Waals surface area contributed by atoms with Crippen molar-refractivity contribution in [1.29, 1.82) is 0 Å². The van der Waals surface area contributed by atoms with Crippen molar-refractivity contribution in [2.24, 2.45) is 5.73 Å². The Bertz CT molecular complexity index is 685. The van der Waals surface area contributed by atoms with Crippen LogP contribution in [0.1, 0.15) is 25.3 Å². The lowest BCUT2D eigenvalue weighted by Crippen LogP contribution is -2.19. The number of aromatic nitrogens is 2. The summed E-state index contributed by atoms with van der Waals surface area (Å²) in [5, 5.41) is 6.60. The molecule has 1 aromatic carbocycles. The molecule has 1 heterocycles. The van der Waals surface area contributed by atoms with Crippen molar-refractivity contribution in [3.63, 3.8) is 0 Å². The third kappa shape index (κ3) is 5.54. The number of hydrogen-bond acceptors (Lipinski definition) is 3. The van der Waals surface area contributed by atoms with Crippen LogP contribution in [0, 0.1) is 0 Å². The Hall–Kier alpha value is -2.06. The largest absolute Gasteiger partial charge is 0.416 e. The highest BCUT2D eigenvalue weighted by Gasteiger charge is 2.30. The highest BCUT2D eigenvalue weighted by Crippen LogP contribution is 2.30. The number of nitrogens with zero attached hydrogens (tertiary/aromatic N) is 2. The molecule has 0 saturated carbocycles. The monoisotopic (exact) mass is 362 g/mol. The standard InChI is InChI=1S/C15H17F3N4O.ClH/c1-10(19)5-6-14(23)21-12-8-20-22(9-12)13-4-2-3-11(7-13)15(16,17)18;/h2-4,7-10H,5-6,19H2,1H3,(H,21,23);1H. The topological polar surface area (TPSA) is 72.9 Å². The smallest absolute Gasteiger partial charge is 0.328 e. The van der Waals surface area contributed by atoms with E-state index in [9.17, 15) is 18.0 Å². The first-order valence-corrected chi connectivity index (χ1v) is 7.03. The summed E-state index contributed by atoms with van der Waals surface area (Å²) in [6.45, 7) is 1.80. The van der Waals surface area contributed by atoms with E-state index in [0.717, 1.165) is 12.1 Å². The lowest BCUT2D eigenvalue weighted by atomic mass is 10.2. The highest BCUT2D eigenvalue weighted by molar-refractivity contribution is 5.90. The summed E-state index contributed by atoms with van der Waals surface area (Å²) in [5.74, 6) is -0.217. The van der Waals surface area contributed by atoms with Gasteiger partial charge in [-0.15, -0.1) is 12.4 Å². The Labute approximate surface area is 143 Å². The minimum atomic E-state index is -4.42. The van der Waals surface area contributed by atoms with Crippen LogP contribution >= 0.6 is 12.4 Å². The molecule has 0 spiro atoms. The minimum Gasteiger partial charge on any atom is -0.328 e. The molecule has 0 aliphatic heterocycles. The number of carbonyl (C=O) groups is 1. The maximum Gasteiger partial charge on any atom is 0.416 e. The summed E-state index contributed by atoms with van der Waals surface area (Å²) in [7, 11) is 0. The third-order valence-electron chi connectivity index (χ3n) is 3.13. The van der Waals surface area contributed by atoms with Gasteiger partial charge in [-0.25, -0.2) is 4.68 Å². The maximum atomic E-state index is 12.7. The number of nitrogens with one attached hydrogen (secondary N) is 1. The molecular formula is C15H18ClF3N4O. The normalized spacial score (nSPS) is 12.4. The average molecular weight is 363 g/mol. The van der Waals surface area contributed by atoms with Gasteiger partial charge < -0.3 is 11.1 Å². The molecule has 2 rings (SSSR count). The molecule has 0 aliphatic carbocycles. The first-order chi connectivity index (χ1) is 10.8. The van der Waals surface area contributed by atoms with Crippen LogP contribution in [0.4, 0.5) is 18.9 Å². The van der Waals surface area contributed by atoms with Gasteiger partial charge in [-0.05, 0) is 31.5 Å². The van der Waals surface area contributed by atoms with Crippen LogP contribution in [0.15, 0.2) is 36.7 Å². The second-order valence-corrected chi connectivity index (χ2v) is 5.29. The van der Waals surface area contributed by atoms with E-state index in [1.165, 1.54) is 29.2 Å². The Balaban J connectivity index is 0.00000288. The number of benzene rings is 1. The van der Waals surface area contributed by atoms with Gasteiger partial charge in [0, 0.05) is 12.5 Å². The molecule has 0 radical (unpaired) electrons. The van der Waals surface area contributed by atoms with Crippen LogP contribution in [-0.4, -0.2) is 21.7 Å².